The van der Waals surface area contributed by atoms with E-state index in [1.807, 2.05) is 57.2 Å². The van der Waals surface area contributed by atoms with E-state index in [2.05, 4.69) is 28.4 Å². The maximum Gasteiger partial charge on any atom is 0.326 e. The highest BCUT2D eigenvalue weighted by atomic mass is 19.1. The van der Waals surface area contributed by atoms with E-state index in [1.54, 1.807) is 17.0 Å². The molecule has 2 heterocycles. The van der Waals surface area contributed by atoms with Crippen LogP contribution in [-0.2, 0) is 6.42 Å². The first kappa shape index (κ1) is 23.5. The van der Waals surface area contributed by atoms with Crippen molar-refractivity contribution < 1.29 is 13.7 Å². The fourth-order valence-electron chi connectivity index (χ4n) is 4.69. The summed E-state index contributed by atoms with van der Waals surface area (Å²) in [4.78, 5) is 19.7. The lowest BCUT2D eigenvalue weighted by atomic mass is 9.94. The highest BCUT2D eigenvalue weighted by molar-refractivity contribution is 6.01. The first-order valence-electron chi connectivity index (χ1n) is 11.9. The number of aryl methyl sites for hydroxylation is 3. The van der Waals surface area contributed by atoms with Gasteiger partial charge < -0.3 is 9.84 Å². The second kappa shape index (κ2) is 9.41. The van der Waals surface area contributed by atoms with Gasteiger partial charge in [0.1, 0.15) is 5.82 Å². The normalized spacial score (nSPS) is 15.9. The molecule has 1 atom stereocenters. The summed E-state index contributed by atoms with van der Waals surface area (Å²) in [6, 6.07) is 19.1. The van der Waals surface area contributed by atoms with Gasteiger partial charge in [0, 0.05) is 11.3 Å². The van der Waals surface area contributed by atoms with E-state index in [0.29, 0.717) is 22.7 Å². The number of halogens is 1. The van der Waals surface area contributed by atoms with Crippen LogP contribution in [0.3, 0.4) is 0 Å². The van der Waals surface area contributed by atoms with Crippen molar-refractivity contribution in [2.45, 2.75) is 40.2 Å². The number of nitrogens with zero attached hydrogens (tertiary/aromatic N) is 3. The van der Waals surface area contributed by atoms with Gasteiger partial charge in [-0.25, -0.2) is 9.18 Å². The van der Waals surface area contributed by atoms with Gasteiger partial charge >= 0.3 is 6.03 Å². The summed E-state index contributed by atoms with van der Waals surface area (Å²) in [6.07, 6.45) is 0.938. The quantitative estimate of drug-likeness (QED) is 0.341. The molecule has 6 nitrogen and oxygen atoms in total. The van der Waals surface area contributed by atoms with Crippen molar-refractivity contribution in [3.63, 3.8) is 0 Å². The number of amides is 2. The topological polar surface area (TPSA) is 71.3 Å². The lowest BCUT2D eigenvalue weighted by Crippen LogP contribution is -2.46. The Hall–Kier alpha value is -4.26. The molecule has 0 radical (unpaired) electrons. The Bertz CT molecular complexity index is 1450. The predicted octanol–water partition coefficient (Wildman–Crippen LogP) is 6.76. The van der Waals surface area contributed by atoms with Crippen molar-refractivity contribution in [3.05, 3.63) is 106 Å². The third-order valence-corrected chi connectivity index (χ3v) is 6.41. The number of hydrogen-bond acceptors (Lipinski definition) is 4. The second-order valence-electron chi connectivity index (χ2n) is 9.09. The minimum atomic E-state index is -0.661. The Kier molecular flexibility index (Phi) is 6.14. The van der Waals surface area contributed by atoms with E-state index < -0.39 is 11.9 Å². The van der Waals surface area contributed by atoms with E-state index in [1.165, 1.54) is 17.7 Å². The van der Waals surface area contributed by atoms with Crippen molar-refractivity contribution in [3.8, 4) is 11.4 Å². The number of aromatic nitrogens is 2. The molecule has 7 heteroatoms. The minimum Gasteiger partial charge on any atom is -0.334 e. The van der Waals surface area contributed by atoms with Crippen molar-refractivity contribution in [1.82, 2.24) is 15.5 Å². The molecule has 0 bridgehead atoms. The van der Waals surface area contributed by atoms with E-state index in [9.17, 15) is 9.18 Å². The van der Waals surface area contributed by atoms with Gasteiger partial charge in [-0.15, -0.1) is 0 Å². The molecule has 1 aromatic heterocycles. The zero-order valence-corrected chi connectivity index (χ0v) is 20.7. The van der Waals surface area contributed by atoms with E-state index in [-0.39, 0.29) is 11.9 Å². The van der Waals surface area contributed by atoms with Crippen molar-refractivity contribution >= 4 is 17.3 Å². The highest BCUT2D eigenvalue weighted by Gasteiger charge is 2.36. The van der Waals surface area contributed by atoms with Gasteiger partial charge in [-0.3, -0.25) is 4.90 Å². The number of hydrogen-bond donors (Lipinski definition) is 1. The Labute approximate surface area is 209 Å². The van der Waals surface area contributed by atoms with Gasteiger partial charge in [-0.1, -0.05) is 54.5 Å². The Morgan fingerprint density at radius 1 is 1.00 bits per heavy atom. The highest BCUT2D eigenvalue weighted by Crippen LogP contribution is 2.39. The Morgan fingerprint density at radius 2 is 1.72 bits per heavy atom. The number of urea groups is 1. The molecule has 1 aliphatic rings. The van der Waals surface area contributed by atoms with E-state index >= 15 is 0 Å². The SMILES string of the molecule is CCc1ccc(-c2noc(C3=C(C)N(c4cc(C)cc(C)c4)C(=O)NC3c3cccc(F)c3)n2)cc1. The van der Waals surface area contributed by atoms with Crippen LogP contribution in [0.1, 0.15) is 48.0 Å². The first-order valence-corrected chi connectivity index (χ1v) is 11.9. The molecule has 5 rings (SSSR count). The molecule has 1 unspecified atom stereocenters. The van der Waals surface area contributed by atoms with Gasteiger partial charge in [-0.05, 0) is 73.7 Å². The van der Waals surface area contributed by atoms with Crippen LogP contribution >= 0.6 is 0 Å². The summed E-state index contributed by atoms with van der Waals surface area (Å²) in [6.45, 7) is 7.92. The van der Waals surface area contributed by atoms with Crippen LogP contribution in [0.4, 0.5) is 14.9 Å². The average molecular weight is 483 g/mol. The molecular weight excluding hydrogens is 455 g/mol. The summed E-state index contributed by atoms with van der Waals surface area (Å²) < 4.78 is 19.9. The largest absolute Gasteiger partial charge is 0.334 e. The first-order chi connectivity index (χ1) is 17.3. The number of nitrogens with one attached hydrogen (secondary N) is 1. The smallest absolute Gasteiger partial charge is 0.326 e. The van der Waals surface area contributed by atoms with Crippen LogP contribution in [-0.4, -0.2) is 16.2 Å². The third-order valence-electron chi connectivity index (χ3n) is 6.41. The molecule has 1 aliphatic heterocycles. The molecular formula is C29H27FN4O2. The molecule has 0 spiro atoms. The van der Waals surface area contributed by atoms with Gasteiger partial charge in [0.05, 0.1) is 17.3 Å². The van der Waals surface area contributed by atoms with Crippen molar-refractivity contribution in [2.75, 3.05) is 4.90 Å². The molecule has 4 aromatic rings. The van der Waals surface area contributed by atoms with Gasteiger partial charge in [0.2, 0.25) is 5.82 Å². The number of anilines is 1. The van der Waals surface area contributed by atoms with Crippen molar-refractivity contribution in [2.24, 2.45) is 0 Å². The molecule has 2 amide bonds. The zero-order chi connectivity index (χ0) is 25.4. The number of carbonyl (C=O) groups excluding carboxylic acids is 1. The molecule has 36 heavy (non-hydrogen) atoms. The maximum atomic E-state index is 14.2. The molecule has 3 aromatic carbocycles. The summed E-state index contributed by atoms with van der Waals surface area (Å²) >= 11 is 0. The van der Waals surface area contributed by atoms with Gasteiger partial charge in [-0.2, -0.15) is 4.98 Å². The fraction of sp³-hybridized carbons (Fsp3) is 0.207. The standard InChI is InChI=1S/C29H27FN4O2/c1-5-20-9-11-21(12-10-20)27-32-28(36-33-27)25-19(4)34(24-14-17(2)13-18(3)15-24)29(35)31-26(25)22-7-6-8-23(30)16-22/h6-16,26H,5H2,1-4H3,(H,31,35). The monoisotopic (exact) mass is 482 g/mol. The van der Waals surface area contributed by atoms with E-state index in [0.717, 1.165) is 28.8 Å². The Balaban J connectivity index is 1.65. The average Bonchev–Trinajstić information content (AvgIpc) is 3.33. The molecule has 1 N–H and O–H groups in total. The zero-order valence-electron chi connectivity index (χ0n) is 20.7. The lowest BCUT2D eigenvalue weighted by molar-refractivity contribution is 0.244. The number of benzene rings is 3. The van der Waals surface area contributed by atoms with Crippen LogP contribution in [0.2, 0.25) is 0 Å². The molecule has 0 fully saturated rings. The maximum absolute atomic E-state index is 14.2. The number of carbonyl (C=O) groups is 1. The lowest BCUT2D eigenvalue weighted by Gasteiger charge is -2.35. The number of rotatable bonds is 5. The fourth-order valence-corrected chi connectivity index (χ4v) is 4.69. The Morgan fingerprint density at radius 3 is 2.39 bits per heavy atom. The van der Waals surface area contributed by atoms with Crippen LogP contribution in [0.5, 0.6) is 0 Å². The van der Waals surface area contributed by atoms with Crippen LogP contribution in [0.15, 0.2) is 77.0 Å². The van der Waals surface area contributed by atoms with Crippen LogP contribution < -0.4 is 10.2 Å². The minimum absolute atomic E-state index is 0.269. The molecule has 0 saturated heterocycles. The van der Waals surface area contributed by atoms with Gasteiger partial charge in [0.25, 0.3) is 5.89 Å². The van der Waals surface area contributed by atoms with Crippen LogP contribution in [0.25, 0.3) is 17.0 Å². The third kappa shape index (κ3) is 4.40. The molecule has 182 valence electrons. The second-order valence-corrected chi connectivity index (χ2v) is 9.09. The van der Waals surface area contributed by atoms with Crippen LogP contribution in [0, 0.1) is 19.7 Å². The predicted molar refractivity (Wildman–Crippen MR) is 138 cm³/mol. The van der Waals surface area contributed by atoms with Crippen molar-refractivity contribution in [1.29, 1.82) is 0 Å². The van der Waals surface area contributed by atoms with Gasteiger partial charge in [0.15, 0.2) is 0 Å². The summed E-state index contributed by atoms with van der Waals surface area (Å²) in [5, 5.41) is 7.24. The number of allylic oxidation sites excluding steroid dienone is 1. The van der Waals surface area contributed by atoms with E-state index in [4.69, 9.17) is 4.52 Å². The molecule has 0 aliphatic carbocycles. The summed E-state index contributed by atoms with van der Waals surface area (Å²) in [5.74, 6) is 0.323. The molecule has 0 saturated carbocycles. The summed E-state index contributed by atoms with van der Waals surface area (Å²) in [7, 11) is 0. The summed E-state index contributed by atoms with van der Waals surface area (Å²) in [5.41, 5.74) is 6.68.